The molecule has 0 fully saturated rings. The molecule has 0 bridgehead atoms. The van der Waals surface area contributed by atoms with E-state index in [-0.39, 0.29) is 16.6 Å². The molecule has 0 aromatic carbocycles. The molecule has 0 aliphatic carbocycles. The molecule has 0 spiro atoms. The lowest BCUT2D eigenvalue weighted by Crippen LogP contribution is -2.41. The first-order chi connectivity index (χ1) is 9.65. The Morgan fingerprint density at radius 3 is 2.57 bits per heavy atom. The molecule has 0 radical (unpaired) electrons. The van der Waals surface area contributed by atoms with Crippen molar-refractivity contribution in [1.29, 1.82) is 5.41 Å². The topological polar surface area (TPSA) is 91.2 Å². The van der Waals surface area contributed by atoms with Gasteiger partial charge in [-0.25, -0.2) is 0 Å². The summed E-state index contributed by atoms with van der Waals surface area (Å²) in [6.07, 6.45) is 0.863. The zero-order valence-electron chi connectivity index (χ0n) is 13.2. The van der Waals surface area contributed by atoms with Crippen LogP contribution in [0.4, 0.5) is 0 Å². The van der Waals surface area contributed by atoms with Crippen LogP contribution in [0.3, 0.4) is 0 Å². The number of rotatable bonds is 6. The third kappa shape index (κ3) is 5.60. The number of nitrogens with one attached hydrogen (secondary N) is 3. The van der Waals surface area contributed by atoms with Gasteiger partial charge in [0.1, 0.15) is 10.6 Å². The number of hydrogen-bond acceptors (Lipinski definition) is 5. The van der Waals surface area contributed by atoms with E-state index >= 15 is 0 Å². The van der Waals surface area contributed by atoms with Crippen LogP contribution in [0.2, 0.25) is 0 Å². The summed E-state index contributed by atoms with van der Waals surface area (Å²) in [6, 6.07) is 1.84. The second kappa shape index (κ2) is 7.60. The molecule has 0 amide bonds. The van der Waals surface area contributed by atoms with Gasteiger partial charge in [-0.15, -0.1) is 16.1 Å². The predicted molar refractivity (Wildman–Crippen MR) is 89.3 cm³/mol. The van der Waals surface area contributed by atoms with Gasteiger partial charge in [0.05, 0.1) is 6.04 Å². The van der Waals surface area contributed by atoms with Crippen LogP contribution in [-0.2, 0) is 11.4 Å². The summed E-state index contributed by atoms with van der Waals surface area (Å²) in [6.45, 7) is 10.1. The van der Waals surface area contributed by atoms with E-state index in [4.69, 9.17) is 10.6 Å². The number of thiophene rings is 1. The largest absolute Gasteiger partial charge is 0.598 e. The maximum absolute atomic E-state index is 12.3. The predicted octanol–water partition coefficient (Wildman–Crippen LogP) is 3.19. The number of hydrogen-bond donors (Lipinski definition) is 4. The van der Waals surface area contributed by atoms with E-state index in [1.54, 1.807) is 0 Å². The number of hydroxylamine groups is 1. The Labute approximate surface area is 133 Å². The molecule has 1 heterocycles. The first kappa shape index (κ1) is 18.4. The van der Waals surface area contributed by atoms with Crippen LogP contribution in [-0.4, -0.2) is 20.3 Å². The Morgan fingerprint density at radius 2 is 2.10 bits per heavy atom. The second-order valence-electron chi connectivity index (χ2n) is 6.41. The Morgan fingerprint density at radius 1 is 1.48 bits per heavy atom. The van der Waals surface area contributed by atoms with Crippen molar-refractivity contribution < 1.29 is 9.76 Å². The molecule has 0 saturated heterocycles. The maximum Gasteiger partial charge on any atom is 0.150 e. The van der Waals surface area contributed by atoms with Gasteiger partial charge in [-0.2, -0.15) is 0 Å². The highest BCUT2D eigenvalue weighted by atomic mass is 32.2. The van der Waals surface area contributed by atoms with Gasteiger partial charge in [0.2, 0.25) is 0 Å². The molecule has 0 aliphatic rings. The highest BCUT2D eigenvalue weighted by Gasteiger charge is 2.30. The van der Waals surface area contributed by atoms with Crippen molar-refractivity contribution in [3.8, 4) is 0 Å². The van der Waals surface area contributed by atoms with E-state index in [0.29, 0.717) is 11.5 Å². The van der Waals surface area contributed by atoms with Crippen molar-refractivity contribution >= 4 is 28.5 Å². The summed E-state index contributed by atoms with van der Waals surface area (Å²) in [4.78, 5) is 1.02. The molecule has 120 valence electrons. The highest BCUT2D eigenvalue weighted by Crippen LogP contribution is 2.29. The lowest BCUT2D eigenvalue weighted by Gasteiger charge is -2.28. The fraction of sp³-hybridized carbons (Fsp3) is 0.643. The average molecular weight is 332 g/mol. The van der Waals surface area contributed by atoms with Crippen LogP contribution in [0.5, 0.6) is 0 Å². The molecule has 1 aromatic heterocycles. The van der Waals surface area contributed by atoms with E-state index in [9.17, 15) is 4.55 Å². The highest BCUT2D eigenvalue weighted by molar-refractivity contribution is 7.90. The van der Waals surface area contributed by atoms with E-state index in [1.807, 2.05) is 37.7 Å². The van der Waals surface area contributed by atoms with E-state index < -0.39 is 11.4 Å². The van der Waals surface area contributed by atoms with Crippen LogP contribution < -0.4 is 10.2 Å². The van der Waals surface area contributed by atoms with E-state index in [0.717, 1.165) is 11.3 Å². The monoisotopic (exact) mass is 331 g/mol. The molecule has 7 heteroatoms. The SMILES string of the molecule is CC(C)CC(N[S@@+]([O-])C(C)(C)C)c1cc(C(=N)NO)cs1. The van der Waals surface area contributed by atoms with Gasteiger partial charge in [-0.1, -0.05) is 13.8 Å². The van der Waals surface area contributed by atoms with Crippen molar-refractivity contribution in [3.63, 3.8) is 0 Å². The zero-order valence-corrected chi connectivity index (χ0v) is 14.8. The fourth-order valence-electron chi connectivity index (χ4n) is 1.73. The molecule has 2 atom stereocenters. The standard InChI is InChI=1S/C14H25N3O2S2/c1-9(2)6-11(17-21(19)14(3,4)5)12-7-10(8-20-12)13(15)16-18/h7-9,11,17-18H,6H2,1-5H3,(H2,15,16)/t11?,21-/m0/s1. The minimum absolute atomic E-state index is 0.0182. The maximum atomic E-state index is 12.3. The molecule has 1 aromatic rings. The normalized spacial score (nSPS) is 15.0. The van der Waals surface area contributed by atoms with Crippen molar-refractivity contribution in [1.82, 2.24) is 10.2 Å². The lowest BCUT2D eigenvalue weighted by molar-refractivity contribution is 0.234. The summed E-state index contributed by atoms with van der Waals surface area (Å²) < 4.78 is 15.2. The first-order valence-corrected chi connectivity index (χ1v) is 8.93. The Bertz CT molecular complexity index is 469. The Hall–Kier alpha value is -0.600. The van der Waals surface area contributed by atoms with Gasteiger partial charge in [0.15, 0.2) is 0 Å². The Balaban J connectivity index is 2.92. The molecule has 0 saturated carbocycles. The molecule has 4 N–H and O–H groups in total. The first-order valence-electron chi connectivity index (χ1n) is 6.90. The Kier molecular flexibility index (Phi) is 6.68. The molecule has 1 rings (SSSR count). The van der Waals surface area contributed by atoms with Crippen LogP contribution in [0.25, 0.3) is 0 Å². The van der Waals surface area contributed by atoms with Crippen molar-refractivity contribution in [2.45, 2.75) is 51.8 Å². The van der Waals surface area contributed by atoms with Gasteiger partial charge < -0.3 is 4.55 Å². The average Bonchev–Trinajstić information content (AvgIpc) is 2.84. The number of amidine groups is 1. The van der Waals surface area contributed by atoms with Crippen molar-refractivity contribution in [3.05, 3.63) is 21.9 Å². The minimum atomic E-state index is -1.15. The van der Waals surface area contributed by atoms with Gasteiger partial charge >= 0.3 is 0 Å². The summed E-state index contributed by atoms with van der Waals surface area (Å²) in [7, 11) is 0. The van der Waals surface area contributed by atoms with Crippen LogP contribution in [0.15, 0.2) is 11.4 Å². The molecule has 1 unspecified atom stereocenters. The van der Waals surface area contributed by atoms with Crippen molar-refractivity contribution in [2.75, 3.05) is 0 Å². The lowest BCUT2D eigenvalue weighted by atomic mass is 10.0. The molecular formula is C14H25N3O2S2. The van der Waals surface area contributed by atoms with Crippen LogP contribution in [0.1, 0.15) is 57.5 Å². The quantitative estimate of drug-likeness (QED) is 0.279. The van der Waals surface area contributed by atoms with Gasteiger partial charge in [0.25, 0.3) is 0 Å². The molecule has 5 nitrogen and oxygen atoms in total. The summed E-state index contributed by atoms with van der Waals surface area (Å²) in [5.41, 5.74) is 2.48. The van der Waals surface area contributed by atoms with E-state index in [2.05, 4.69) is 18.6 Å². The summed E-state index contributed by atoms with van der Waals surface area (Å²) in [5.74, 6) is 0.429. The third-order valence-electron chi connectivity index (χ3n) is 2.88. The van der Waals surface area contributed by atoms with Gasteiger partial charge in [-0.3, -0.25) is 16.1 Å². The van der Waals surface area contributed by atoms with Crippen molar-refractivity contribution in [2.24, 2.45) is 5.92 Å². The van der Waals surface area contributed by atoms with E-state index in [1.165, 1.54) is 11.3 Å². The van der Waals surface area contributed by atoms with Gasteiger partial charge in [0, 0.05) is 27.2 Å². The molecule has 0 aliphatic heterocycles. The third-order valence-corrected chi connectivity index (χ3v) is 5.53. The zero-order chi connectivity index (χ0) is 16.2. The fourth-order valence-corrected chi connectivity index (χ4v) is 3.60. The van der Waals surface area contributed by atoms with Gasteiger partial charge in [-0.05, 0) is 39.2 Å². The molecule has 21 heavy (non-hydrogen) atoms. The smallest absolute Gasteiger partial charge is 0.150 e. The summed E-state index contributed by atoms with van der Waals surface area (Å²) >= 11 is 0.358. The van der Waals surface area contributed by atoms with Crippen LogP contribution in [0, 0.1) is 11.3 Å². The molecular weight excluding hydrogens is 306 g/mol. The van der Waals surface area contributed by atoms with Crippen LogP contribution >= 0.6 is 11.3 Å². The second-order valence-corrected chi connectivity index (χ2v) is 9.35. The summed E-state index contributed by atoms with van der Waals surface area (Å²) in [5, 5.41) is 18.2. The minimum Gasteiger partial charge on any atom is -0.598 e.